The molecule has 0 amide bonds. The van der Waals surface area contributed by atoms with E-state index in [9.17, 15) is 0 Å². The molecule has 0 fully saturated rings. The van der Waals surface area contributed by atoms with Gasteiger partial charge in [-0.15, -0.1) is 0 Å². The first-order valence-corrected chi connectivity index (χ1v) is 22.4. The highest BCUT2D eigenvalue weighted by molar-refractivity contribution is 6.23. The van der Waals surface area contributed by atoms with Gasteiger partial charge in [-0.05, 0) is 135 Å². The van der Waals surface area contributed by atoms with Gasteiger partial charge in [0.2, 0.25) is 0 Å². The lowest BCUT2D eigenvalue weighted by Gasteiger charge is -2.19. The van der Waals surface area contributed by atoms with Crippen LogP contribution >= 0.6 is 0 Å². The second-order valence-corrected chi connectivity index (χ2v) is 17.0. The Morgan fingerprint density at radius 1 is 0.262 bits per heavy atom. The molecule has 1 aromatic heterocycles. The molecule has 0 atom stereocenters. The Kier molecular flexibility index (Phi) is 8.57. The molecule has 0 aliphatic rings. The smallest absolute Gasteiger partial charge is 0.145 e. The van der Waals surface area contributed by atoms with Gasteiger partial charge in [0, 0.05) is 11.3 Å². The zero-order valence-electron chi connectivity index (χ0n) is 35.5. The van der Waals surface area contributed by atoms with Crippen molar-refractivity contribution in [2.45, 2.75) is 0 Å². The molecule has 2 nitrogen and oxygen atoms in total. The van der Waals surface area contributed by atoms with E-state index >= 15 is 0 Å². The van der Waals surface area contributed by atoms with Crippen molar-refractivity contribution in [3.05, 3.63) is 243 Å². The van der Waals surface area contributed by atoms with E-state index in [0.717, 1.165) is 28.1 Å². The van der Waals surface area contributed by atoms with Gasteiger partial charge in [-0.2, -0.15) is 0 Å². The maximum atomic E-state index is 5.15. The van der Waals surface area contributed by atoms with Crippen molar-refractivity contribution < 1.29 is 0 Å². The maximum Gasteiger partial charge on any atom is 0.145 e. The molecule has 0 bridgehead atoms. The average Bonchev–Trinajstić information content (AvgIpc) is 3.77. The van der Waals surface area contributed by atoms with E-state index in [-0.39, 0.29) is 0 Å². The Labute approximate surface area is 377 Å². The van der Waals surface area contributed by atoms with Crippen LogP contribution in [0.5, 0.6) is 0 Å². The molecule has 13 rings (SSSR count). The van der Waals surface area contributed by atoms with Crippen molar-refractivity contribution in [2.24, 2.45) is 0 Å². The molecule has 0 saturated heterocycles. The van der Waals surface area contributed by atoms with Gasteiger partial charge in [-0.3, -0.25) is 4.57 Å². The van der Waals surface area contributed by atoms with Crippen molar-refractivity contribution in [2.75, 3.05) is 0 Å². The third-order valence-electron chi connectivity index (χ3n) is 13.3. The Hall–Kier alpha value is -8.59. The topological polar surface area (TPSA) is 17.8 Å². The van der Waals surface area contributed by atoms with Crippen LogP contribution in [0.4, 0.5) is 0 Å². The van der Waals surface area contributed by atoms with Gasteiger partial charge in [0.1, 0.15) is 5.82 Å². The second kappa shape index (κ2) is 15.0. The molecule has 65 heavy (non-hydrogen) atoms. The lowest BCUT2D eigenvalue weighted by molar-refractivity contribution is 1.10. The molecule has 2 heteroatoms. The fourth-order valence-electron chi connectivity index (χ4n) is 10.5. The summed E-state index contributed by atoms with van der Waals surface area (Å²) in [5, 5.41) is 12.5. The van der Waals surface area contributed by atoms with Crippen molar-refractivity contribution in [1.29, 1.82) is 0 Å². The molecule has 302 valence electrons. The van der Waals surface area contributed by atoms with Crippen LogP contribution in [0.25, 0.3) is 126 Å². The number of aromatic nitrogens is 2. The highest BCUT2D eigenvalue weighted by Gasteiger charge is 2.20. The first-order chi connectivity index (χ1) is 32.3. The molecule has 0 aliphatic carbocycles. The van der Waals surface area contributed by atoms with Crippen LogP contribution < -0.4 is 0 Å². The van der Waals surface area contributed by atoms with Crippen LogP contribution in [-0.4, -0.2) is 9.55 Å². The van der Waals surface area contributed by atoms with E-state index < -0.39 is 0 Å². The van der Waals surface area contributed by atoms with Crippen LogP contribution in [-0.2, 0) is 0 Å². The summed E-state index contributed by atoms with van der Waals surface area (Å²) < 4.78 is 2.27. The van der Waals surface area contributed by atoms with Crippen molar-refractivity contribution in [1.82, 2.24) is 9.55 Å². The summed E-state index contributed by atoms with van der Waals surface area (Å²) >= 11 is 0. The minimum absolute atomic E-state index is 0.931. The van der Waals surface area contributed by atoms with E-state index in [1.165, 1.54) is 98.4 Å². The summed E-state index contributed by atoms with van der Waals surface area (Å²) in [6, 6.07) is 88.4. The molecule has 0 spiro atoms. The zero-order valence-corrected chi connectivity index (χ0v) is 35.5. The van der Waals surface area contributed by atoms with Crippen LogP contribution in [0, 0.1) is 0 Å². The van der Waals surface area contributed by atoms with Gasteiger partial charge in [0.25, 0.3) is 0 Å². The van der Waals surface area contributed by atoms with Crippen LogP contribution in [0.15, 0.2) is 243 Å². The van der Waals surface area contributed by atoms with Crippen molar-refractivity contribution in [3.8, 4) is 61.6 Å². The van der Waals surface area contributed by atoms with Crippen LogP contribution in [0.3, 0.4) is 0 Å². The molecule has 0 unspecified atom stereocenters. The van der Waals surface area contributed by atoms with E-state index in [1.807, 2.05) is 0 Å². The predicted octanol–water partition coefficient (Wildman–Crippen LogP) is 17.1. The van der Waals surface area contributed by atoms with E-state index in [4.69, 9.17) is 4.98 Å². The number of fused-ring (bicyclic) bond motifs is 6. The molecule has 0 saturated carbocycles. The monoisotopic (exact) mass is 824 g/mol. The SMILES string of the molecule is c1ccc(-c2c3ccccc3c(-c3ccc4cc(-c5c6ccccc6c(-c6ccc(-c7nc8ccccc8n7-c7ccccc7)cc6)c6ccccc56)ccc4c3)c3ccccc23)cc1. The average molecular weight is 825 g/mol. The number of rotatable bonds is 6. The van der Waals surface area contributed by atoms with Crippen LogP contribution in [0.2, 0.25) is 0 Å². The largest absolute Gasteiger partial charge is 0.292 e. The van der Waals surface area contributed by atoms with Gasteiger partial charge < -0.3 is 0 Å². The fraction of sp³-hybridized carbons (Fsp3) is 0. The third kappa shape index (κ3) is 5.99. The minimum Gasteiger partial charge on any atom is -0.292 e. The molecule has 1 heterocycles. The highest BCUT2D eigenvalue weighted by Crippen LogP contribution is 2.47. The Balaban J connectivity index is 0.937. The molecular formula is C63H40N2. The lowest BCUT2D eigenvalue weighted by atomic mass is 9.84. The quantitative estimate of drug-likeness (QED) is 0.153. The maximum absolute atomic E-state index is 5.15. The van der Waals surface area contributed by atoms with E-state index in [0.29, 0.717) is 0 Å². The standard InChI is InChI=1S/C63H40N2/c1-3-17-41(18-4-1)59-49-21-7-11-25-53(49)61(54-26-12-8-22-50(54)59)46-37-35-45-40-47(38-36-44(45)39-46)62-55-27-13-9-23-51(55)60(52-24-10-14-28-56(52)62)42-31-33-43(34-32-42)63-64-57-29-15-16-30-58(57)65(63)48-19-5-2-6-20-48/h1-40H. The summed E-state index contributed by atoms with van der Waals surface area (Å²) in [6.07, 6.45) is 0. The summed E-state index contributed by atoms with van der Waals surface area (Å²) in [5.74, 6) is 0.931. The van der Waals surface area contributed by atoms with Crippen molar-refractivity contribution in [3.63, 3.8) is 0 Å². The summed E-state index contributed by atoms with van der Waals surface area (Å²) in [4.78, 5) is 5.15. The fourth-order valence-corrected chi connectivity index (χ4v) is 10.5. The van der Waals surface area contributed by atoms with E-state index in [2.05, 4.69) is 247 Å². The normalized spacial score (nSPS) is 11.7. The minimum atomic E-state index is 0.931. The molecule has 0 N–H and O–H groups in total. The first kappa shape index (κ1) is 37.0. The Bertz CT molecular complexity index is 3860. The number of nitrogens with zero attached hydrogens (tertiary/aromatic N) is 2. The summed E-state index contributed by atoms with van der Waals surface area (Å²) in [5.41, 5.74) is 14.2. The summed E-state index contributed by atoms with van der Waals surface area (Å²) in [7, 11) is 0. The van der Waals surface area contributed by atoms with Gasteiger partial charge in [0.15, 0.2) is 0 Å². The number of para-hydroxylation sites is 3. The van der Waals surface area contributed by atoms with Gasteiger partial charge >= 0.3 is 0 Å². The Morgan fingerprint density at radius 2 is 0.600 bits per heavy atom. The number of hydrogen-bond acceptors (Lipinski definition) is 1. The molecule has 13 aromatic rings. The molecule has 12 aromatic carbocycles. The molecule has 0 radical (unpaired) electrons. The number of hydrogen-bond donors (Lipinski definition) is 0. The second-order valence-electron chi connectivity index (χ2n) is 17.0. The molecule has 0 aliphatic heterocycles. The number of benzene rings is 12. The van der Waals surface area contributed by atoms with Crippen LogP contribution in [0.1, 0.15) is 0 Å². The zero-order chi connectivity index (χ0) is 42.8. The predicted molar refractivity (Wildman–Crippen MR) is 276 cm³/mol. The lowest BCUT2D eigenvalue weighted by Crippen LogP contribution is -1.97. The van der Waals surface area contributed by atoms with Gasteiger partial charge in [-0.1, -0.05) is 206 Å². The van der Waals surface area contributed by atoms with Gasteiger partial charge in [0.05, 0.1) is 11.0 Å². The van der Waals surface area contributed by atoms with Gasteiger partial charge in [-0.25, -0.2) is 4.98 Å². The highest BCUT2D eigenvalue weighted by atomic mass is 15.1. The van der Waals surface area contributed by atoms with Crippen molar-refractivity contribution >= 4 is 64.9 Å². The third-order valence-corrected chi connectivity index (χ3v) is 13.3. The number of imidazole rings is 1. The van der Waals surface area contributed by atoms with E-state index in [1.54, 1.807) is 0 Å². The Morgan fingerprint density at radius 3 is 1.06 bits per heavy atom. The first-order valence-electron chi connectivity index (χ1n) is 22.4. The molecular weight excluding hydrogens is 785 g/mol. The summed E-state index contributed by atoms with van der Waals surface area (Å²) in [6.45, 7) is 0.